The maximum atomic E-state index is 9.77. The zero-order chi connectivity index (χ0) is 57.3. The summed E-state index contributed by atoms with van der Waals surface area (Å²) in [5.74, 6) is 0. The first-order chi connectivity index (χ1) is 40.6. The molecule has 2 heteroatoms. The molecule has 16 rings (SSSR count). The number of aryl methyl sites for hydroxylation is 2. The van der Waals surface area contributed by atoms with E-state index in [0.717, 1.165) is 25.7 Å². The van der Waals surface area contributed by atoms with E-state index in [1.165, 1.54) is 177 Å². The average Bonchev–Trinajstić information content (AvgIpc) is 1.78. The molecular weight excluding hydrogens is 1020 g/mol. The maximum absolute atomic E-state index is 9.77. The molecule has 0 unspecified atom stereocenters. The van der Waals surface area contributed by atoms with Crippen LogP contribution in [0.5, 0.6) is 0 Å². The van der Waals surface area contributed by atoms with E-state index in [1.54, 1.807) is 0 Å². The van der Waals surface area contributed by atoms with Crippen LogP contribution in [0.1, 0.15) is 124 Å². The average molecular weight is 1090 g/mol. The monoisotopic (exact) mass is 1090 g/mol. The van der Waals surface area contributed by atoms with Gasteiger partial charge in [0.2, 0.25) is 0 Å². The highest BCUT2D eigenvalue weighted by molar-refractivity contribution is 6.32. The lowest BCUT2D eigenvalue weighted by atomic mass is 9.78. The lowest BCUT2D eigenvalue weighted by Gasteiger charge is -2.25. The number of fused-ring (bicyclic) bond motifs is 12. The van der Waals surface area contributed by atoms with Crippen molar-refractivity contribution in [2.75, 3.05) is 13.2 Å². The summed E-state index contributed by atoms with van der Waals surface area (Å²) in [6.45, 7) is 19.6. The zero-order valence-corrected chi connectivity index (χ0v) is 49.6. The molecule has 2 N–H and O–H groups in total. The molecule has 0 saturated carbocycles. The number of aliphatic hydroxyl groups is 2. The van der Waals surface area contributed by atoms with E-state index in [1.807, 2.05) is 0 Å². The van der Waals surface area contributed by atoms with Crippen LogP contribution < -0.4 is 0 Å². The zero-order valence-electron chi connectivity index (χ0n) is 49.6. The molecule has 0 heterocycles. The summed E-state index contributed by atoms with van der Waals surface area (Å²) < 4.78 is 0. The molecule has 0 spiro atoms. The Balaban J connectivity index is 0.970. The molecule has 2 nitrogen and oxygen atoms in total. The molecule has 12 aromatic carbocycles. The first-order valence-electron chi connectivity index (χ1n) is 30.6. The molecule has 410 valence electrons. The molecule has 0 bridgehead atoms. The van der Waals surface area contributed by atoms with Gasteiger partial charge in [0.05, 0.1) is 0 Å². The van der Waals surface area contributed by atoms with Crippen LogP contribution in [0.3, 0.4) is 0 Å². The van der Waals surface area contributed by atoms with Crippen molar-refractivity contribution < 1.29 is 10.2 Å². The fourth-order valence-corrected chi connectivity index (χ4v) is 16.5. The van der Waals surface area contributed by atoms with E-state index >= 15 is 0 Å². The molecule has 0 saturated heterocycles. The van der Waals surface area contributed by atoms with Crippen molar-refractivity contribution in [2.24, 2.45) is 0 Å². The molecule has 4 aliphatic carbocycles. The lowest BCUT2D eigenvalue weighted by Crippen LogP contribution is -2.15. The van der Waals surface area contributed by atoms with E-state index in [4.69, 9.17) is 0 Å². The van der Waals surface area contributed by atoms with Gasteiger partial charge < -0.3 is 10.2 Å². The molecule has 84 heavy (non-hydrogen) atoms. The quantitative estimate of drug-likeness (QED) is 0.134. The van der Waals surface area contributed by atoms with Crippen LogP contribution in [0.15, 0.2) is 194 Å². The van der Waals surface area contributed by atoms with E-state index < -0.39 is 0 Å². The number of aliphatic hydroxyl groups excluding tert-OH is 2. The topological polar surface area (TPSA) is 40.5 Å². The number of hydrogen-bond acceptors (Lipinski definition) is 2. The highest BCUT2D eigenvalue weighted by Gasteiger charge is 2.40. The second-order valence-electron chi connectivity index (χ2n) is 27.1. The molecule has 0 fully saturated rings. The summed E-state index contributed by atoms with van der Waals surface area (Å²) in [6, 6.07) is 76.1. The van der Waals surface area contributed by atoms with Gasteiger partial charge in [-0.05, 0) is 239 Å². The Morgan fingerprint density at radius 1 is 0.250 bits per heavy atom. The van der Waals surface area contributed by atoms with Gasteiger partial charge in [-0.2, -0.15) is 0 Å². The highest BCUT2D eigenvalue weighted by atomic mass is 16.3. The van der Waals surface area contributed by atoms with Crippen LogP contribution in [0.4, 0.5) is 0 Å². The van der Waals surface area contributed by atoms with Crippen molar-refractivity contribution in [3.8, 4) is 89.0 Å². The first-order valence-corrected chi connectivity index (χ1v) is 30.6. The second-order valence-corrected chi connectivity index (χ2v) is 27.1. The van der Waals surface area contributed by atoms with E-state index in [0.29, 0.717) is 0 Å². The SMILES string of the molecule is CC1(C)c2ccccc2-c2ccc(-c3cc(-c4ccc5c(c4)C(C)(C)c4ccccc4-5)c4ccc5c(-c6ccc7c(c6)C(C)(C)c6cc(CCCO)ccc6-7)cc(-c6ccc7c(c6)C(C)(C)c6cc(CCCO)ccc6-7)c6ccc3c4c65)cc21. The Morgan fingerprint density at radius 2 is 0.512 bits per heavy atom. The second kappa shape index (κ2) is 18.1. The summed E-state index contributed by atoms with van der Waals surface area (Å²) in [7, 11) is 0. The largest absolute Gasteiger partial charge is 0.396 e. The molecule has 0 amide bonds. The lowest BCUT2D eigenvalue weighted by molar-refractivity contribution is 0.288. The Kier molecular flexibility index (Phi) is 11.0. The molecule has 12 aromatic rings. The van der Waals surface area contributed by atoms with Crippen LogP contribution in [-0.4, -0.2) is 23.4 Å². The molecule has 0 aromatic heterocycles. The maximum Gasteiger partial charge on any atom is 0.0434 e. The highest BCUT2D eigenvalue weighted by Crippen LogP contribution is 2.57. The van der Waals surface area contributed by atoms with Crippen molar-refractivity contribution in [3.63, 3.8) is 0 Å². The smallest absolute Gasteiger partial charge is 0.0434 e. The first kappa shape index (κ1) is 51.3. The van der Waals surface area contributed by atoms with Gasteiger partial charge in [0.25, 0.3) is 0 Å². The van der Waals surface area contributed by atoms with E-state index in [-0.39, 0.29) is 34.9 Å². The van der Waals surface area contributed by atoms with Crippen LogP contribution in [0.2, 0.25) is 0 Å². The van der Waals surface area contributed by atoms with Crippen LogP contribution in [-0.2, 0) is 34.5 Å². The van der Waals surface area contributed by atoms with Crippen LogP contribution >= 0.6 is 0 Å². The van der Waals surface area contributed by atoms with Crippen LogP contribution in [0.25, 0.3) is 121 Å². The Hall–Kier alpha value is -8.40. The van der Waals surface area contributed by atoms with Gasteiger partial charge >= 0.3 is 0 Å². The van der Waals surface area contributed by atoms with Gasteiger partial charge in [0.15, 0.2) is 0 Å². The van der Waals surface area contributed by atoms with E-state index in [2.05, 4.69) is 250 Å². The number of benzene rings is 12. The van der Waals surface area contributed by atoms with Gasteiger partial charge in [0, 0.05) is 34.9 Å². The van der Waals surface area contributed by atoms with E-state index in [9.17, 15) is 10.2 Å². The van der Waals surface area contributed by atoms with Crippen LogP contribution in [0, 0.1) is 0 Å². The molecular formula is C82H70O2. The van der Waals surface area contributed by atoms with Crippen molar-refractivity contribution >= 4 is 32.3 Å². The van der Waals surface area contributed by atoms with Crippen molar-refractivity contribution in [1.29, 1.82) is 0 Å². The van der Waals surface area contributed by atoms with Gasteiger partial charge in [-0.3, -0.25) is 0 Å². The minimum atomic E-state index is -0.220. The summed E-state index contributed by atoms with van der Waals surface area (Å²) >= 11 is 0. The third kappa shape index (κ3) is 7.11. The standard InChI is InChI=1S/C82H70O2/c1-79(2)69-19-11-9-17-53(69)57-29-23-49(41-73(57)79)65-45-66(50-24-30-58-54-18-10-12-20-70(54)80(3,4)74(58)42-50)62-34-36-64-68(52-26-32-60-56-28-22-48(16-14-38-84)40-72(56)82(7,8)76(60)44-52)46-67(63-35-33-61(65)77(62)78(63)64)51-25-31-59-55-27-21-47(15-13-37-83)39-71(55)81(5,6)75(59)43-51/h9-12,17-36,39-46,83-84H,13-16,37-38H2,1-8H3. The summed E-state index contributed by atoms with van der Waals surface area (Å²) in [5.41, 5.74) is 33.3. The molecule has 4 aliphatic rings. The van der Waals surface area contributed by atoms with Crippen molar-refractivity contribution in [1.82, 2.24) is 0 Å². The predicted molar refractivity (Wildman–Crippen MR) is 353 cm³/mol. The molecule has 0 radical (unpaired) electrons. The third-order valence-electron chi connectivity index (χ3n) is 21.0. The van der Waals surface area contributed by atoms with Gasteiger partial charge in [-0.15, -0.1) is 0 Å². The fourth-order valence-electron chi connectivity index (χ4n) is 16.5. The Bertz CT molecular complexity index is 4510. The van der Waals surface area contributed by atoms with Gasteiger partial charge in [-0.25, -0.2) is 0 Å². The number of hydrogen-bond donors (Lipinski definition) is 2. The van der Waals surface area contributed by atoms with Crippen molar-refractivity contribution in [3.05, 3.63) is 250 Å². The normalized spacial score (nSPS) is 15.7. The summed E-state index contributed by atoms with van der Waals surface area (Å²) in [5, 5.41) is 27.2. The molecule has 0 aliphatic heterocycles. The Labute approximate surface area is 494 Å². The fraction of sp³-hybridized carbons (Fsp3) is 0.220. The van der Waals surface area contributed by atoms with Gasteiger partial charge in [0.1, 0.15) is 0 Å². The minimum Gasteiger partial charge on any atom is -0.396 e. The minimum absolute atomic E-state index is 0.152. The van der Waals surface area contributed by atoms with Crippen molar-refractivity contribution in [2.45, 2.75) is 103 Å². The number of rotatable bonds is 10. The summed E-state index contributed by atoms with van der Waals surface area (Å²) in [6.07, 6.45) is 3.26. The molecule has 0 atom stereocenters. The third-order valence-corrected chi connectivity index (χ3v) is 21.0. The van der Waals surface area contributed by atoms with Gasteiger partial charge in [-0.1, -0.05) is 213 Å². The summed E-state index contributed by atoms with van der Waals surface area (Å²) in [4.78, 5) is 0. The predicted octanol–water partition coefficient (Wildman–Crippen LogP) is 20.3. The Morgan fingerprint density at radius 3 is 0.821 bits per heavy atom.